The smallest absolute Gasteiger partial charge is 0.208 e. The van der Waals surface area contributed by atoms with E-state index in [9.17, 15) is 8.42 Å². The molecule has 0 aliphatic carbocycles. The number of nitrogens with one attached hydrogen (secondary N) is 1. The minimum Gasteiger partial charge on any atom is -0.215 e. The molecule has 11 heavy (non-hydrogen) atoms. The van der Waals surface area contributed by atoms with Crippen LogP contribution in [0.4, 0.5) is 0 Å². The van der Waals surface area contributed by atoms with E-state index in [0.717, 1.165) is 18.6 Å². The van der Waals surface area contributed by atoms with Gasteiger partial charge in [0.15, 0.2) is 0 Å². The highest BCUT2D eigenvalue weighted by Crippen LogP contribution is 1.97. The first-order chi connectivity index (χ1) is 5.06. The van der Waals surface area contributed by atoms with Crippen molar-refractivity contribution in [2.75, 3.05) is 24.8 Å². The lowest BCUT2D eigenvalue weighted by atomic mass is 10.3. The van der Waals surface area contributed by atoms with Gasteiger partial charge in [0.05, 0.1) is 6.26 Å². The van der Waals surface area contributed by atoms with Crippen LogP contribution in [0.5, 0.6) is 0 Å². The first-order valence-corrected chi connectivity index (χ1v) is 6.78. The molecule has 1 N–H and O–H groups in total. The molecule has 0 amide bonds. The van der Waals surface area contributed by atoms with Crippen molar-refractivity contribution in [3.05, 3.63) is 0 Å². The molecule has 5 heteroatoms. The van der Waals surface area contributed by atoms with Gasteiger partial charge in [-0.05, 0) is 24.9 Å². The third-order valence-corrected chi connectivity index (χ3v) is 2.56. The molecule has 0 radical (unpaired) electrons. The lowest BCUT2D eigenvalue weighted by Crippen LogP contribution is -2.22. The zero-order chi connectivity index (χ0) is 8.74. The zero-order valence-electron chi connectivity index (χ0n) is 6.96. The van der Waals surface area contributed by atoms with Gasteiger partial charge in [0.2, 0.25) is 10.0 Å². The Hall–Kier alpha value is 0.260. The van der Waals surface area contributed by atoms with E-state index in [0.29, 0.717) is 6.54 Å². The van der Waals surface area contributed by atoms with E-state index in [2.05, 4.69) is 4.72 Å². The van der Waals surface area contributed by atoms with E-state index in [1.165, 1.54) is 6.26 Å². The molecule has 0 unspecified atom stereocenters. The minimum atomic E-state index is -2.97. The van der Waals surface area contributed by atoms with E-state index in [-0.39, 0.29) is 0 Å². The number of hydrogen-bond acceptors (Lipinski definition) is 3. The van der Waals surface area contributed by atoms with Gasteiger partial charge in [-0.15, -0.1) is 0 Å². The highest BCUT2D eigenvalue weighted by molar-refractivity contribution is 7.98. The fraction of sp³-hybridized carbons (Fsp3) is 1.00. The van der Waals surface area contributed by atoms with Gasteiger partial charge >= 0.3 is 0 Å². The minimum absolute atomic E-state index is 0.569. The van der Waals surface area contributed by atoms with Crippen LogP contribution in [-0.2, 0) is 10.0 Å². The van der Waals surface area contributed by atoms with Crippen LogP contribution >= 0.6 is 11.8 Å². The fourth-order valence-electron chi connectivity index (χ4n) is 0.629. The Bertz CT molecular complexity index is 177. The molecule has 0 atom stereocenters. The maximum Gasteiger partial charge on any atom is 0.208 e. The standard InChI is InChI=1S/C6H15NO2S2/c1-10-6-4-3-5-7-11(2,8)9/h7H,3-6H2,1-2H3. The Morgan fingerprint density at radius 2 is 2.00 bits per heavy atom. The Morgan fingerprint density at radius 3 is 2.45 bits per heavy atom. The summed E-state index contributed by atoms with van der Waals surface area (Å²) >= 11 is 1.78. The van der Waals surface area contributed by atoms with Crippen LogP contribution in [-0.4, -0.2) is 33.2 Å². The predicted molar refractivity (Wildman–Crippen MR) is 50.5 cm³/mol. The van der Waals surface area contributed by atoms with Crippen LogP contribution in [0.15, 0.2) is 0 Å². The van der Waals surface area contributed by atoms with Crippen LogP contribution in [0.1, 0.15) is 12.8 Å². The molecule has 0 rings (SSSR count). The first-order valence-electron chi connectivity index (χ1n) is 3.50. The summed E-state index contributed by atoms with van der Waals surface area (Å²) in [6.45, 7) is 0.569. The van der Waals surface area contributed by atoms with Crippen LogP contribution < -0.4 is 4.72 Å². The molecule has 0 aromatic rings. The molecule has 0 fully saturated rings. The van der Waals surface area contributed by atoms with Crippen molar-refractivity contribution in [1.82, 2.24) is 4.72 Å². The molecule has 0 aromatic heterocycles. The van der Waals surface area contributed by atoms with E-state index >= 15 is 0 Å². The Kier molecular flexibility index (Phi) is 5.99. The predicted octanol–water partition coefficient (Wildman–Crippen LogP) is 0.679. The maximum atomic E-state index is 10.5. The highest BCUT2D eigenvalue weighted by atomic mass is 32.2. The van der Waals surface area contributed by atoms with E-state index in [1.54, 1.807) is 11.8 Å². The summed E-state index contributed by atoms with van der Waals surface area (Å²) in [6.07, 6.45) is 5.23. The Morgan fingerprint density at radius 1 is 1.36 bits per heavy atom. The fourth-order valence-corrected chi connectivity index (χ4v) is 1.64. The van der Waals surface area contributed by atoms with Crippen molar-refractivity contribution in [3.8, 4) is 0 Å². The molecular weight excluding hydrogens is 182 g/mol. The topological polar surface area (TPSA) is 46.2 Å². The number of hydrogen-bond donors (Lipinski definition) is 1. The van der Waals surface area contributed by atoms with Crippen LogP contribution in [0.3, 0.4) is 0 Å². The van der Waals surface area contributed by atoms with Gasteiger partial charge in [-0.3, -0.25) is 0 Å². The van der Waals surface area contributed by atoms with E-state index < -0.39 is 10.0 Å². The number of rotatable bonds is 6. The second-order valence-electron chi connectivity index (χ2n) is 2.37. The van der Waals surface area contributed by atoms with Gasteiger partial charge in [-0.1, -0.05) is 0 Å². The first kappa shape index (κ1) is 11.3. The molecule has 0 heterocycles. The van der Waals surface area contributed by atoms with Crippen molar-refractivity contribution >= 4 is 21.8 Å². The van der Waals surface area contributed by atoms with Gasteiger partial charge in [0.1, 0.15) is 0 Å². The average molecular weight is 197 g/mol. The van der Waals surface area contributed by atoms with Crippen molar-refractivity contribution in [1.29, 1.82) is 0 Å². The summed E-state index contributed by atoms with van der Waals surface area (Å²) in [5, 5.41) is 0. The number of thioether (sulfide) groups is 1. The lowest BCUT2D eigenvalue weighted by Gasteiger charge is -2.00. The third kappa shape index (κ3) is 10.3. The molecule has 0 aliphatic rings. The van der Waals surface area contributed by atoms with Crippen molar-refractivity contribution in [2.24, 2.45) is 0 Å². The Balaban J connectivity index is 3.16. The second-order valence-corrected chi connectivity index (χ2v) is 5.19. The third-order valence-electron chi connectivity index (χ3n) is 1.14. The molecule has 0 spiro atoms. The number of unbranched alkanes of at least 4 members (excludes halogenated alkanes) is 1. The van der Waals surface area contributed by atoms with Crippen LogP contribution in [0, 0.1) is 0 Å². The Labute approximate surface area is 73.0 Å². The molecule has 68 valence electrons. The summed E-state index contributed by atoms with van der Waals surface area (Å²) in [4.78, 5) is 0. The largest absolute Gasteiger partial charge is 0.215 e. The SMILES string of the molecule is CSCCCCNS(C)(=O)=O. The summed E-state index contributed by atoms with van der Waals surface area (Å²) in [7, 11) is -2.97. The molecule has 0 aliphatic heterocycles. The summed E-state index contributed by atoms with van der Waals surface area (Å²) in [5.41, 5.74) is 0. The number of sulfonamides is 1. The second kappa shape index (κ2) is 5.85. The van der Waals surface area contributed by atoms with Gasteiger partial charge < -0.3 is 0 Å². The quantitative estimate of drug-likeness (QED) is 0.637. The van der Waals surface area contributed by atoms with Crippen LogP contribution in [0.2, 0.25) is 0 Å². The van der Waals surface area contributed by atoms with Gasteiger partial charge in [0, 0.05) is 6.54 Å². The highest BCUT2D eigenvalue weighted by Gasteiger charge is 1.97. The monoisotopic (exact) mass is 197 g/mol. The van der Waals surface area contributed by atoms with Crippen molar-refractivity contribution in [2.45, 2.75) is 12.8 Å². The summed E-state index contributed by atoms with van der Waals surface area (Å²) in [6, 6.07) is 0. The van der Waals surface area contributed by atoms with Crippen molar-refractivity contribution < 1.29 is 8.42 Å². The molecule has 0 bridgehead atoms. The van der Waals surface area contributed by atoms with E-state index in [4.69, 9.17) is 0 Å². The van der Waals surface area contributed by atoms with Gasteiger partial charge in [0.25, 0.3) is 0 Å². The van der Waals surface area contributed by atoms with Gasteiger partial charge in [-0.25, -0.2) is 13.1 Å². The lowest BCUT2D eigenvalue weighted by molar-refractivity contribution is 0.585. The average Bonchev–Trinajstić information content (AvgIpc) is 1.85. The molecular formula is C6H15NO2S2. The molecule has 0 aromatic carbocycles. The van der Waals surface area contributed by atoms with Gasteiger partial charge in [-0.2, -0.15) is 11.8 Å². The zero-order valence-corrected chi connectivity index (χ0v) is 8.59. The van der Waals surface area contributed by atoms with E-state index in [1.807, 2.05) is 6.26 Å². The summed E-state index contributed by atoms with van der Waals surface area (Å²) < 4.78 is 23.5. The molecule has 3 nitrogen and oxygen atoms in total. The maximum absolute atomic E-state index is 10.5. The normalized spacial score (nSPS) is 11.8. The van der Waals surface area contributed by atoms with Crippen LogP contribution in [0.25, 0.3) is 0 Å². The van der Waals surface area contributed by atoms with Crippen molar-refractivity contribution in [3.63, 3.8) is 0 Å². The molecule has 0 saturated heterocycles. The summed E-state index contributed by atoms with van der Waals surface area (Å²) in [5.74, 6) is 1.10. The molecule has 0 saturated carbocycles.